The lowest BCUT2D eigenvalue weighted by Gasteiger charge is -2.31. The van der Waals surface area contributed by atoms with Gasteiger partial charge >= 0.3 is 0 Å². The van der Waals surface area contributed by atoms with E-state index in [0.717, 1.165) is 5.56 Å². The zero-order valence-corrected chi connectivity index (χ0v) is 14.6. The topological polar surface area (TPSA) is 63.6 Å². The average molecular weight is 360 g/mol. The monoisotopic (exact) mass is 359 g/mol. The molecule has 0 heterocycles. The quantitative estimate of drug-likeness (QED) is 0.761. The third kappa shape index (κ3) is 3.12. The summed E-state index contributed by atoms with van der Waals surface area (Å²) in [5, 5.41) is -1.06. The second-order valence-electron chi connectivity index (χ2n) is 5.40. The van der Waals surface area contributed by atoms with Gasteiger partial charge < -0.3 is 0 Å². The fraction of sp³-hybridized carbons (Fsp3) is 0.333. The number of nitrogens with zero attached hydrogens (tertiary/aromatic N) is 1. The first-order chi connectivity index (χ1) is 10.1. The smallest absolute Gasteiger partial charge is 0.282 e. The molecule has 0 spiro atoms. The van der Waals surface area contributed by atoms with Crippen molar-refractivity contribution in [2.75, 3.05) is 0 Å². The van der Waals surface area contributed by atoms with E-state index in [1.165, 1.54) is 25.1 Å². The Morgan fingerprint density at radius 1 is 1.18 bits per heavy atom. The van der Waals surface area contributed by atoms with E-state index in [4.69, 9.17) is 23.2 Å². The van der Waals surface area contributed by atoms with Gasteiger partial charge in [-0.05, 0) is 44.6 Å². The van der Waals surface area contributed by atoms with Gasteiger partial charge in [0, 0.05) is 0 Å². The van der Waals surface area contributed by atoms with Crippen LogP contribution in [0.4, 0.5) is 0 Å². The minimum atomic E-state index is -3.93. The number of rotatable bonds is 2. The van der Waals surface area contributed by atoms with Crippen molar-refractivity contribution >= 4 is 44.7 Å². The van der Waals surface area contributed by atoms with Crippen molar-refractivity contribution < 1.29 is 13.2 Å². The van der Waals surface area contributed by atoms with E-state index in [1.807, 2.05) is 6.92 Å². The van der Waals surface area contributed by atoms with Crippen LogP contribution in [0.2, 0.25) is 0 Å². The molecule has 2 unspecified atom stereocenters. The number of sulfonamides is 1. The SMILES string of the molecule is CC1=CC(=O)C(Cl)C(C)(Cl)/C1=N\S(=O)(=O)c1ccc(C)cc1. The van der Waals surface area contributed by atoms with Crippen LogP contribution >= 0.6 is 23.2 Å². The highest BCUT2D eigenvalue weighted by atomic mass is 35.5. The first kappa shape index (κ1) is 17.2. The van der Waals surface area contributed by atoms with Gasteiger partial charge in [-0.2, -0.15) is 12.8 Å². The molecule has 118 valence electrons. The van der Waals surface area contributed by atoms with Crippen molar-refractivity contribution in [3.8, 4) is 0 Å². The van der Waals surface area contributed by atoms with Crippen molar-refractivity contribution in [1.29, 1.82) is 0 Å². The molecule has 1 aliphatic carbocycles. The van der Waals surface area contributed by atoms with Crippen molar-refractivity contribution in [1.82, 2.24) is 0 Å². The van der Waals surface area contributed by atoms with Crippen LogP contribution in [0.5, 0.6) is 0 Å². The molecular formula is C15H15Cl2NO3S. The summed E-state index contributed by atoms with van der Waals surface area (Å²) in [6.45, 7) is 4.94. The zero-order chi connectivity index (χ0) is 16.7. The van der Waals surface area contributed by atoms with E-state index in [1.54, 1.807) is 19.1 Å². The van der Waals surface area contributed by atoms with Crippen LogP contribution in [0, 0.1) is 6.92 Å². The third-order valence-corrected chi connectivity index (χ3v) is 5.90. The third-order valence-electron chi connectivity index (χ3n) is 3.45. The number of hydrogen-bond acceptors (Lipinski definition) is 3. The number of allylic oxidation sites excluding steroid dienone is 2. The van der Waals surface area contributed by atoms with Crippen molar-refractivity contribution in [2.45, 2.75) is 35.9 Å². The molecule has 1 aliphatic rings. The van der Waals surface area contributed by atoms with Gasteiger partial charge in [0.25, 0.3) is 10.0 Å². The Bertz CT molecular complexity index is 778. The van der Waals surface area contributed by atoms with E-state index in [-0.39, 0.29) is 16.4 Å². The number of ketones is 1. The van der Waals surface area contributed by atoms with Gasteiger partial charge in [-0.15, -0.1) is 23.2 Å². The Morgan fingerprint density at radius 3 is 2.27 bits per heavy atom. The summed E-state index contributed by atoms with van der Waals surface area (Å²) in [4.78, 5) is 10.4. The number of hydrogen-bond donors (Lipinski definition) is 0. The lowest BCUT2D eigenvalue weighted by Crippen LogP contribution is -2.46. The number of benzene rings is 1. The Morgan fingerprint density at radius 2 is 1.73 bits per heavy atom. The molecule has 0 fully saturated rings. The molecule has 4 nitrogen and oxygen atoms in total. The molecule has 2 atom stereocenters. The molecule has 0 aliphatic heterocycles. The highest BCUT2D eigenvalue weighted by Crippen LogP contribution is 2.35. The maximum atomic E-state index is 12.4. The minimum absolute atomic E-state index is 0.0638. The van der Waals surface area contributed by atoms with Crippen molar-refractivity contribution in [3.63, 3.8) is 0 Å². The maximum Gasteiger partial charge on any atom is 0.282 e. The van der Waals surface area contributed by atoms with E-state index in [0.29, 0.717) is 5.57 Å². The zero-order valence-electron chi connectivity index (χ0n) is 12.3. The van der Waals surface area contributed by atoms with E-state index in [2.05, 4.69) is 4.40 Å². The molecule has 7 heteroatoms. The predicted molar refractivity (Wildman–Crippen MR) is 88.5 cm³/mol. The molecule has 0 aromatic heterocycles. The minimum Gasteiger partial charge on any atom is -0.293 e. The predicted octanol–water partition coefficient (Wildman–Crippen LogP) is 3.26. The van der Waals surface area contributed by atoms with Gasteiger partial charge in [0.1, 0.15) is 10.3 Å². The standard InChI is InChI=1S/C15H15Cl2NO3S/c1-9-4-6-11(7-5-9)22(20,21)18-14-10(2)8-12(19)13(16)15(14,3)17/h4-8,13H,1-3H3/b18-14-. The lowest BCUT2D eigenvalue weighted by molar-refractivity contribution is -0.114. The molecule has 1 aromatic carbocycles. The summed E-state index contributed by atoms with van der Waals surface area (Å²) < 4.78 is 28.7. The fourth-order valence-corrected chi connectivity index (χ4v) is 3.85. The number of carbonyl (C=O) groups is 1. The molecule has 0 N–H and O–H groups in total. The Balaban J connectivity index is 2.57. The van der Waals surface area contributed by atoms with Crippen LogP contribution in [-0.4, -0.2) is 30.2 Å². The van der Waals surface area contributed by atoms with Crippen LogP contribution in [-0.2, 0) is 14.8 Å². The van der Waals surface area contributed by atoms with E-state index < -0.39 is 20.3 Å². The number of aryl methyl sites for hydroxylation is 1. The highest BCUT2D eigenvalue weighted by molar-refractivity contribution is 7.90. The first-order valence-corrected chi connectivity index (χ1v) is 8.79. The molecule has 1 aromatic rings. The number of carbonyl (C=O) groups excluding carboxylic acids is 1. The van der Waals surface area contributed by atoms with Gasteiger partial charge in [-0.25, -0.2) is 0 Å². The first-order valence-electron chi connectivity index (χ1n) is 6.53. The van der Waals surface area contributed by atoms with Crippen LogP contribution in [0.1, 0.15) is 19.4 Å². The largest absolute Gasteiger partial charge is 0.293 e. The molecule has 0 saturated heterocycles. The van der Waals surface area contributed by atoms with Crippen molar-refractivity contribution in [3.05, 3.63) is 41.5 Å². The highest BCUT2D eigenvalue weighted by Gasteiger charge is 2.44. The number of halogens is 2. The Hall–Kier alpha value is -1.17. The summed E-state index contributed by atoms with van der Waals surface area (Å²) >= 11 is 12.3. The second kappa shape index (κ2) is 5.80. The maximum absolute atomic E-state index is 12.4. The van der Waals surface area contributed by atoms with Crippen LogP contribution < -0.4 is 0 Å². The Labute approximate surface area is 139 Å². The van der Waals surface area contributed by atoms with Crippen LogP contribution in [0.25, 0.3) is 0 Å². The normalized spacial score (nSPS) is 27.9. The van der Waals surface area contributed by atoms with Gasteiger partial charge in [0.15, 0.2) is 5.78 Å². The molecule has 0 bridgehead atoms. The van der Waals surface area contributed by atoms with Gasteiger partial charge in [0.05, 0.1) is 10.6 Å². The summed E-state index contributed by atoms with van der Waals surface area (Å²) in [6, 6.07) is 6.33. The van der Waals surface area contributed by atoms with E-state index >= 15 is 0 Å². The molecule has 2 rings (SSSR count). The summed E-state index contributed by atoms with van der Waals surface area (Å²) in [5.41, 5.74) is 1.43. The molecule has 22 heavy (non-hydrogen) atoms. The molecule has 0 amide bonds. The van der Waals surface area contributed by atoms with Gasteiger partial charge in [-0.1, -0.05) is 17.7 Å². The van der Waals surface area contributed by atoms with Gasteiger partial charge in [-0.3, -0.25) is 4.79 Å². The summed E-state index contributed by atoms with van der Waals surface area (Å²) in [6.07, 6.45) is 1.27. The second-order valence-corrected chi connectivity index (χ2v) is 8.22. The van der Waals surface area contributed by atoms with Crippen molar-refractivity contribution in [2.24, 2.45) is 4.40 Å². The summed E-state index contributed by atoms with van der Waals surface area (Å²) in [5.74, 6) is -0.358. The van der Waals surface area contributed by atoms with E-state index in [9.17, 15) is 13.2 Å². The lowest BCUT2D eigenvalue weighted by atomic mass is 9.87. The Kier molecular flexibility index (Phi) is 4.53. The van der Waals surface area contributed by atoms with Crippen LogP contribution in [0.3, 0.4) is 0 Å². The van der Waals surface area contributed by atoms with Gasteiger partial charge in [0.2, 0.25) is 0 Å². The van der Waals surface area contributed by atoms with Crippen LogP contribution in [0.15, 0.2) is 45.2 Å². The molecular weight excluding hydrogens is 345 g/mol. The molecule has 0 radical (unpaired) electrons. The molecule has 0 saturated carbocycles. The average Bonchev–Trinajstić information content (AvgIpc) is 2.42. The fourth-order valence-electron chi connectivity index (χ4n) is 2.17. The number of alkyl halides is 2. The summed E-state index contributed by atoms with van der Waals surface area (Å²) in [7, 11) is -3.93.